The van der Waals surface area contributed by atoms with Crippen LogP contribution in [0.5, 0.6) is 0 Å². The van der Waals surface area contributed by atoms with E-state index in [1.807, 2.05) is 0 Å². The SMILES string of the molecule is Cc1cc(-n2nnnc2C(C)N)ccc1F. The predicted molar refractivity (Wildman–Crippen MR) is 56.5 cm³/mol. The normalized spacial score (nSPS) is 12.8. The second-order valence-corrected chi connectivity index (χ2v) is 3.67. The molecule has 0 fully saturated rings. The Morgan fingerprint density at radius 3 is 2.81 bits per heavy atom. The lowest BCUT2D eigenvalue weighted by Crippen LogP contribution is -2.13. The van der Waals surface area contributed by atoms with E-state index in [1.165, 1.54) is 10.7 Å². The van der Waals surface area contributed by atoms with Crippen molar-refractivity contribution in [1.29, 1.82) is 0 Å². The third-order valence-electron chi connectivity index (χ3n) is 2.29. The molecule has 0 aliphatic rings. The molecule has 0 amide bonds. The summed E-state index contributed by atoms with van der Waals surface area (Å²) in [6, 6.07) is 4.40. The topological polar surface area (TPSA) is 69.6 Å². The molecule has 0 radical (unpaired) electrons. The van der Waals surface area contributed by atoms with E-state index in [0.717, 1.165) is 0 Å². The summed E-state index contributed by atoms with van der Waals surface area (Å²) >= 11 is 0. The molecule has 0 spiro atoms. The van der Waals surface area contributed by atoms with Gasteiger partial charge in [0.25, 0.3) is 0 Å². The zero-order chi connectivity index (χ0) is 11.7. The Hall–Kier alpha value is -1.82. The Morgan fingerprint density at radius 1 is 1.44 bits per heavy atom. The summed E-state index contributed by atoms with van der Waals surface area (Å²) in [6.45, 7) is 3.48. The van der Waals surface area contributed by atoms with E-state index >= 15 is 0 Å². The van der Waals surface area contributed by atoms with Crippen LogP contribution in [0.3, 0.4) is 0 Å². The second kappa shape index (κ2) is 3.97. The fourth-order valence-corrected chi connectivity index (χ4v) is 1.42. The van der Waals surface area contributed by atoms with Crippen LogP contribution in [-0.2, 0) is 0 Å². The third-order valence-corrected chi connectivity index (χ3v) is 2.29. The molecule has 1 unspecified atom stereocenters. The van der Waals surface area contributed by atoms with Gasteiger partial charge in [-0.05, 0) is 48.0 Å². The number of nitrogens with zero attached hydrogens (tertiary/aromatic N) is 4. The van der Waals surface area contributed by atoms with Crippen molar-refractivity contribution >= 4 is 0 Å². The number of aryl methyl sites for hydroxylation is 1. The molecule has 16 heavy (non-hydrogen) atoms. The summed E-state index contributed by atoms with van der Waals surface area (Å²) < 4.78 is 14.6. The number of hydrogen-bond acceptors (Lipinski definition) is 4. The highest BCUT2D eigenvalue weighted by Gasteiger charge is 2.12. The van der Waals surface area contributed by atoms with Crippen LogP contribution in [0.15, 0.2) is 18.2 Å². The molecule has 2 aromatic rings. The van der Waals surface area contributed by atoms with Gasteiger partial charge in [0, 0.05) is 0 Å². The van der Waals surface area contributed by atoms with Crippen LogP contribution in [0.1, 0.15) is 24.4 Å². The monoisotopic (exact) mass is 221 g/mol. The van der Waals surface area contributed by atoms with Gasteiger partial charge in [-0.3, -0.25) is 0 Å². The number of nitrogens with two attached hydrogens (primary N) is 1. The van der Waals surface area contributed by atoms with Crippen molar-refractivity contribution in [2.24, 2.45) is 5.73 Å². The lowest BCUT2D eigenvalue weighted by molar-refractivity contribution is 0.616. The van der Waals surface area contributed by atoms with Crippen molar-refractivity contribution in [2.45, 2.75) is 19.9 Å². The van der Waals surface area contributed by atoms with E-state index in [4.69, 9.17) is 5.73 Å². The maximum atomic E-state index is 13.1. The van der Waals surface area contributed by atoms with Gasteiger partial charge in [-0.25, -0.2) is 4.39 Å². The van der Waals surface area contributed by atoms with Gasteiger partial charge in [-0.1, -0.05) is 0 Å². The number of rotatable bonds is 2. The number of benzene rings is 1. The summed E-state index contributed by atoms with van der Waals surface area (Å²) in [5.74, 6) is 0.296. The van der Waals surface area contributed by atoms with Gasteiger partial charge in [0.15, 0.2) is 5.82 Å². The first-order valence-electron chi connectivity index (χ1n) is 4.90. The molecule has 0 bridgehead atoms. The standard InChI is InChI=1S/C10H12FN5/c1-6-5-8(3-4-9(6)11)16-10(7(2)12)13-14-15-16/h3-5,7H,12H2,1-2H3. The highest BCUT2D eigenvalue weighted by atomic mass is 19.1. The van der Waals surface area contributed by atoms with Crippen LogP contribution in [-0.4, -0.2) is 20.2 Å². The van der Waals surface area contributed by atoms with E-state index in [-0.39, 0.29) is 11.9 Å². The van der Waals surface area contributed by atoms with Crippen molar-refractivity contribution in [3.05, 3.63) is 35.4 Å². The maximum Gasteiger partial charge on any atom is 0.173 e. The van der Waals surface area contributed by atoms with Crippen molar-refractivity contribution in [3.8, 4) is 5.69 Å². The predicted octanol–water partition coefficient (Wildman–Crippen LogP) is 1.13. The van der Waals surface area contributed by atoms with Gasteiger partial charge in [0.2, 0.25) is 0 Å². The van der Waals surface area contributed by atoms with Crippen molar-refractivity contribution in [1.82, 2.24) is 20.2 Å². The molecular weight excluding hydrogens is 209 g/mol. The number of hydrogen-bond donors (Lipinski definition) is 1. The minimum absolute atomic E-state index is 0.251. The van der Waals surface area contributed by atoms with Crippen LogP contribution in [0.4, 0.5) is 4.39 Å². The van der Waals surface area contributed by atoms with Gasteiger partial charge in [-0.2, -0.15) is 4.68 Å². The summed E-state index contributed by atoms with van der Waals surface area (Å²) in [7, 11) is 0. The van der Waals surface area contributed by atoms with Gasteiger partial charge in [0.1, 0.15) is 5.82 Å². The Labute approximate surface area is 92.1 Å². The smallest absolute Gasteiger partial charge is 0.173 e. The molecule has 1 aromatic heterocycles. The Balaban J connectivity index is 2.50. The number of tetrazole rings is 1. The minimum Gasteiger partial charge on any atom is -0.321 e. The van der Waals surface area contributed by atoms with Crippen LogP contribution >= 0.6 is 0 Å². The van der Waals surface area contributed by atoms with Crippen LogP contribution in [0.2, 0.25) is 0 Å². The van der Waals surface area contributed by atoms with Gasteiger partial charge in [-0.15, -0.1) is 5.10 Å². The van der Waals surface area contributed by atoms with Crippen LogP contribution < -0.4 is 5.73 Å². The molecule has 1 heterocycles. The maximum absolute atomic E-state index is 13.1. The quantitative estimate of drug-likeness (QED) is 0.825. The first-order valence-corrected chi connectivity index (χ1v) is 4.90. The number of halogens is 1. The second-order valence-electron chi connectivity index (χ2n) is 3.67. The van der Waals surface area contributed by atoms with Gasteiger partial charge >= 0.3 is 0 Å². The van der Waals surface area contributed by atoms with E-state index in [9.17, 15) is 4.39 Å². The molecule has 0 saturated heterocycles. The van der Waals surface area contributed by atoms with Gasteiger partial charge in [0.05, 0.1) is 11.7 Å². The van der Waals surface area contributed by atoms with E-state index < -0.39 is 0 Å². The molecular formula is C10H12FN5. The Bertz CT molecular complexity index is 506. The first-order chi connectivity index (χ1) is 7.59. The summed E-state index contributed by atoms with van der Waals surface area (Å²) in [5, 5.41) is 11.2. The largest absolute Gasteiger partial charge is 0.321 e. The zero-order valence-electron chi connectivity index (χ0n) is 9.05. The highest BCUT2D eigenvalue weighted by Crippen LogP contribution is 2.15. The summed E-state index contributed by atoms with van der Waals surface area (Å²) in [5.41, 5.74) is 6.98. The minimum atomic E-state index is -0.277. The van der Waals surface area contributed by atoms with E-state index in [2.05, 4.69) is 15.5 Å². The fourth-order valence-electron chi connectivity index (χ4n) is 1.42. The van der Waals surface area contributed by atoms with Crippen molar-refractivity contribution in [3.63, 3.8) is 0 Å². The average molecular weight is 221 g/mol. The molecule has 2 N–H and O–H groups in total. The highest BCUT2D eigenvalue weighted by molar-refractivity contribution is 5.35. The Morgan fingerprint density at radius 2 is 2.19 bits per heavy atom. The van der Waals surface area contributed by atoms with Crippen LogP contribution in [0, 0.1) is 12.7 Å². The third kappa shape index (κ3) is 1.79. The molecule has 1 aromatic carbocycles. The molecule has 5 nitrogen and oxygen atoms in total. The molecule has 0 aliphatic carbocycles. The van der Waals surface area contributed by atoms with E-state index in [1.54, 1.807) is 26.0 Å². The van der Waals surface area contributed by atoms with E-state index in [0.29, 0.717) is 17.1 Å². The van der Waals surface area contributed by atoms with Crippen LogP contribution in [0.25, 0.3) is 5.69 Å². The average Bonchev–Trinajstić information content (AvgIpc) is 2.71. The number of aromatic nitrogens is 4. The molecule has 84 valence electrons. The summed E-state index contributed by atoms with van der Waals surface area (Å²) in [4.78, 5) is 0. The zero-order valence-corrected chi connectivity index (χ0v) is 9.05. The van der Waals surface area contributed by atoms with Gasteiger partial charge < -0.3 is 5.73 Å². The molecule has 6 heteroatoms. The molecule has 0 saturated carbocycles. The molecule has 2 rings (SSSR count). The summed E-state index contributed by atoms with van der Waals surface area (Å²) in [6.07, 6.45) is 0. The molecule has 1 atom stereocenters. The molecule has 0 aliphatic heterocycles. The lowest BCUT2D eigenvalue weighted by Gasteiger charge is -2.07. The lowest BCUT2D eigenvalue weighted by atomic mass is 10.2. The fraction of sp³-hybridized carbons (Fsp3) is 0.300. The first kappa shape index (κ1) is 10.7. The van der Waals surface area contributed by atoms with Crippen molar-refractivity contribution < 1.29 is 4.39 Å². The van der Waals surface area contributed by atoms with Crippen molar-refractivity contribution in [2.75, 3.05) is 0 Å². The Kier molecular flexibility index (Phi) is 2.66.